The number of nitrogens with zero attached hydrogens (tertiary/aromatic N) is 2. The van der Waals surface area contributed by atoms with E-state index in [1.165, 1.54) is 36.7 Å². The molecule has 2 rings (SSSR count). The molecule has 1 aromatic heterocycles. The Hall–Kier alpha value is -2.51. The van der Waals surface area contributed by atoms with Crippen molar-refractivity contribution in [1.29, 1.82) is 0 Å². The van der Waals surface area contributed by atoms with Crippen LogP contribution in [-0.4, -0.2) is 34.0 Å². The Morgan fingerprint density at radius 1 is 1.33 bits per heavy atom. The summed E-state index contributed by atoms with van der Waals surface area (Å²) in [7, 11) is 0. The molecule has 0 spiro atoms. The van der Waals surface area contributed by atoms with Crippen LogP contribution in [0.1, 0.15) is 17.4 Å². The maximum absolute atomic E-state index is 10.6. The van der Waals surface area contributed by atoms with Gasteiger partial charge in [-0.1, -0.05) is 0 Å². The predicted octanol–water partition coefficient (Wildman–Crippen LogP) is 1.70. The highest BCUT2D eigenvalue weighted by Crippen LogP contribution is 2.22. The summed E-state index contributed by atoms with van der Waals surface area (Å²) >= 11 is 0. The van der Waals surface area contributed by atoms with Crippen molar-refractivity contribution in [2.75, 3.05) is 6.61 Å². The van der Waals surface area contributed by atoms with Crippen molar-refractivity contribution in [2.45, 2.75) is 12.1 Å². The van der Waals surface area contributed by atoms with Crippen LogP contribution in [0.5, 0.6) is 0 Å². The van der Waals surface area contributed by atoms with E-state index in [4.69, 9.17) is 4.42 Å². The molecule has 110 valence electrons. The lowest BCUT2D eigenvalue weighted by molar-refractivity contribution is -0.384. The van der Waals surface area contributed by atoms with E-state index >= 15 is 0 Å². The molecule has 0 amide bonds. The van der Waals surface area contributed by atoms with Crippen molar-refractivity contribution in [1.82, 2.24) is 0 Å². The van der Waals surface area contributed by atoms with Gasteiger partial charge in [-0.05, 0) is 29.8 Å². The molecule has 21 heavy (non-hydrogen) atoms. The van der Waals surface area contributed by atoms with Crippen molar-refractivity contribution >= 4 is 11.9 Å². The van der Waals surface area contributed by atoms with Crippen LogP contribution in [0.25, 0.3) is 0 Å². The summed E-state index contributed by atoms with van der Waals surface area (Å²) in [5.41, 5.74) is 0.377. The van der Waals surface area contributed by atoms with Gasteiger partial charge in [0.15, 0.2) is 0 Å². The van der Waals surface area contributed by atoms with Gasteiger partial charge in [-0.15, -0.1) is 0 Å². The first-order valence-electron chi connectivity index (χ1n) is 6.22. The molecule has 0 saturated carbocycles. The predicted molar refractivity (Wildman–Crippen MR) is 75.2 cm³/mol. The van der Waals surface area contributed by atoms with Crippen molar-refractivity contribution in [3.05, 3.63) is 64.1 Å². The third kappa shape index (κ3) is 3.74. The van der Waals surface area contributed by atoms with E-state index in [9.17, 15) is 20.3 Å². The van der Waals surface area contributed by atoms with Crippen molar-refractivity contribution in [2.24, 2.45) is 4.99 Å². The van der Waals surface area contributed by atoms with E-state index in [0.29, 0.717) is 11.3 Å². The van der Waals surface area contributed by atoms with Crippen LogP contribution in [0, 0.1) is 10.1 Å². The molecule has 0 saturated heterocycles. The van der Waals surface area contributed by atoms with Gasteiger partial charge in [-0.2, -0.15) is 0 Å². The minimum atomic E-state index is -1.07. The molecule has 1 aromatic carbocycles. The lowest BCUT2D eigenvalue weighted by Gasteiger charge is -2.17. The number of benzene rings is 1. The van der Waals surface area contributed by atoms with E-state index in [1.807, 2.05) is 0 Å². The topological polar surface area (TPSA) is 109 Å². The molecule has 7 heteroatoms. The van der Waals surface area contributed by atoms with Crippen molar-refractivity contribution < 1.29 is 19.6 Å². The number of furan rings is 1. The second-order valence-corrected chi connectivity index (χ2v) is 4.34. The van der Waals surface area contributed by atoms with Gasteiger partial charge >= 0.3 is 0 Å². The Balaban J connectivity index is 2.12. The molecule has 2 atom stereocenters. The smallest absolute Gasteiger partial charge is 0.269 e. The second kappa shape index (κ2) is 6.78. The molecule has 0 aliphatic heterocycles. The Morgan fingerprint density at radius 2 is 2.05 bits per heavy atom. The van der Waals surface area contributed by atoms with E-state index in [1.54, 1.807) is 12.1 Å². The van der Waals surface area contributed by atoms with Crippen LogP contribution >= 0.6 is 0 Å². The van der Waals surface area contributed by atoms with Gasteiger partial charge in [0.1, 0.15) is 17.9 Å². The first-order valence-corrected chi connectivity index (χ1v) is 6.22. The van der Waals surface area contributed by atoms with E-state index < -0.39 is 17.1 Å². The van der Waals surface area contributed by atoms with Crippen LogP contribution in [-0.2, 0) is 0 Å². The fraction of sp³-hybridized carbons (Fsp3) is 0.214. The summed E-state index contributed by atoms with van der Waals surface area (Å²) in [6.45, 7) is -0.366. The highest BCUT2D eigenvalue weighted by Gasteiger charge is 2.20. The SMILES string of the molecule is O=[N+]([O-])c1ccc([C@H](O)[C@@H](CO)N=Cc2ccco2)cc1. The average Bonchev–Trinajstić information content (AvgIpc) is 3.01. The standard InChI is InChI=1S/C14H14N2O5/c17-9-13(15-8-12-2-1-7-21-12)14(18)10-3-5-11(6-4-10)16(19)20/h1-8,13-14,17-18H,9H2/t13-,14+/m1/s1. The zero-order chi connectivity index (χ0) is 15.2. The minimum Gasteiger partial charge on any atom is -0.463 e. The van der Waals surface area contributed by atoms with Gasteiger partial charge in [0.05, 0.1) is 24.0 Å². The van der Waals surface area contributed by atoms with Crippen LogP contribution in [0.4, 0.5) is 5.69 Å². The molecule has 0 radical (unpaired) electrons. The summed E-state index contributed by atoms with van der Waals surface area (Å²) in [5, 5.41) is 30.1. The Bertz CT molecular complexity index is 607. The number of nitro groups is 1. The summed E-state index contributed by atoms with van der Waals surface area (Å²) in [4.78, 5) is 14.1. The van der Waals surface area contributed by atoms with E-state index in [0.717, 1.165) is 0 Å². The summed E-state index contributed by atoms with van der Waals surface area (Å²) in [5.74, 6) is 0.504. The van der Waals surface area contributed by atoms with Crippen molar-refractivity contribution in [3.63, 3.8) is 0 Å². The lowest BCUT2D eigenvalue weighted by Crippen LogP contribution is -2.21. The third-order valence-corrected chi connectivity index (χ3v) is 2.93. The molecule has 2 aromatic rings. The number of aliphatic hydroxyl groups excluding tert-OH is 2. The highest BCUT2D eigenvalue weighted by molar-refractivity contribution is 5.75. The second-order valence-electron chi connectivity index (χ2n) is 4.34. The van der Waals surface area contributed by atoms with Crippen LogP contribution in [0.3, 0.4) is 0 Å². The first kappa shape index (κ1) is 14.9. The van der Waals surface area contributed by atoms with Crippen LogP contribution < -0.4 is 0 Å². The molecular weight excluding hydrogens is 276 g/mol. The van der Waals surface area contributed by atoms with Gasteiger partial charge in [0.25, 0.3) is 5.69 Å². The summed E-state index contributed by atoms with van der Waals surface area (Å²) in [6.07, 6.45) is 1.83. The highest BCUT2D eigenvalue weighted by atomic mass is 16.6. The van der Waals surface area contributed by atoms with Gasteiger partial charge in [0, 0.05) is 12.1 Å². The molecule has 0 unspecified atom stereocenters. The fourth-order valence-corrected chi connectivity index (χ4v) is 1.78. The molecule has 7 nitrogen and oxygen atoms in total. The maximum atomic E-state index is 10.6. The normalized spacial score (nSPS) is 14.2. The van der Waals surface area contributed by atoms with Gasteiger partial charge in [-0.25, -0.2) is 0 Å². The van der Waals surface area contributed by atoms with Gasteiger partial charge in [0.2, 0.25) is 0 Å². The molecule has 0 aliphatic carbocycles. The zero-order valence-corrected chi connectivity index (χ0v) is 11.0. The number of rotatable bonds is 6. The molecule has 0 bridgehead atoms. The number of hydrogen-bond acceptors (Lipinski definition) is 6. The average molecular weight is 290 g/mol. The van der Waals surface area contributed by atoms with Crippen molar-refractivity contribution in [3.8, 4) is 0 Å². The quantitative estimate of drug-likeness (QED) is 0.478. The van der Waals surface area contributed by atoms with Crippen LogP contribution in [0.15, 0.2) is 52.1 Å². The zero-order valence-electron chi connectivity index (χ0n) is 11.0. The number of non-ortho nitro benzene ring substituents is 1. The maximum Gasteiger partial charge on any atom is 0.269 e. The van der Waals surface area contributed by atoms with E-state index in [-0.39, 0.29) is 12.3 Å². The minimum absolute atomic E-state index is 0.0643. The molecular formula is C14H14N2O5. The summed E-state index contributed by atoms with van der Waals surface area (Å²) < 4.78 is 5.07. The number of nitro benzene ring substituents is 1. The molecule has 0 aliphatic rings. The first-order chi connectivity index (χ1) is 10.1. The molecule has 2 N–H and O–H groups in total. The fourth-order valence-electron chi connectivity index (χ4n) is 1.78. The summed E-state index contributed by atoms with van der Waals surface area (Å²) in [6, 6.07) is 8.07. The Labute approximate surface area is 120 Å². The van der Waals surface area contributed by atoms with Gasteiger partial charge in [-0.3, -0.25) is 15.1 Å². The van der Waals surface area contributed by atoms with E-state index in [2.05, 4.69) is 4.99 Å². The molecule has 1 heterocycles. The van der Waals surface area contributed by atoms with Crippen LogP contribution in [0.2, 0.25) is 0 Å². The number of aliphatic imine (C=N–C) groups is 1. The van der Waals surface area contributed by atoms with Gasteiger partial charge < -0.3 is 14.6 Å². The Kier molecular flexibility index (Phi) is 4.81. The lowest BCUT2D eigenvalue weighted by atomic mass is 10.0. The third-order valence-electron chi connectivity index (χ3n) is 2.93. The largest absolute Gasteiger partial charge is 0.463 e. The molecule has 0 fully saturated rings. The number of aliphatic hydroxyl groups is 2. The number of hydrogen-bond donors (Lipinski definition) is 2. The Morgan fingerprint density at radius 3 is 2.57 bits per heavy atom. The monoisotopic (exact) mass is 290 g/mol.